The van der Waals surface area contributed by atoms with Gasteiger partial charge in [0.15, 0.2) is 0 Å². The Morgan fingerprint density at radius 3 is 2.43 bits per heavy atom. The van der Waals surface area contributed by atoms with Crippen LogP contribution in [0.15, 0.2) is 78.0 Å². The molecule has 0 saturated heterocycles. The van der Waals surface area contributed by atoms with Crippen LogP contribution in [0.5, 0.6) is 5.75 Å². The third kappa shape index (κ3) is 4.96. The Balaban J connectivity index is 1.94. The van der Waals surface area contributed by atoms with E-state index in [0.717, 1.165) is 15.4 Å². The highest BCUT2D eigenvalue weighted by Gasteiger charge is 2.29. The molecule has 8 heteroatoms. The molecular formula is C22H23N3O4S. The van der Waals surface area contributed by atoms with Gasteiger partial charge in [0.1, 0.15) is 12.3 Å². The van der Waals surface area contributed by atoms with E-state index in [1.807, 2.05) is 13.0 Å². The number of carbonyl (C=O) groups excluding carboxylic acids is 1. The Kier molecular flexibility index (Phi) is 6.68. The van der Waals surface area contributed by atoms with Crippen molar-refractivity contribution in [1.82, 2.24) is 10.3 Å². The first-order chi connectivity index (χ1) is 14.4. The minimum Gasteiger partial charge on any atom is -0.495 e. The van der Waals surface area contributed by atoms with Crippen LogP contribution in [0, 0.1) is 6.92 Å². The number of ether oxygens (including phenoxy) is 1. The molecule has 2 aromatic carbocycles. The molecule has 0 fully saturated rings. The second-order valence-electron chi connectivity index (χ2n) is 6.63. The Labute approximate surface area is 176 Å². The summed E-state index contributed by atoms with van der Waals surface area (Å²) >= 11 is 0. The summed E-state index contributed by atoms with van der Waals surface area (Å²) in [7, 11) is -2.54. The number of hydrogen-bond acceptors (Lipinski definition) is 5. The predicted octanol–water partition coefficient (Wildman–Crippen LogP) is 2.91. The third-order valence-corrected chi connectivity index (χ3v) is 6.23. The summed E-state index contributed by atoms with van der Waals surface area (Å²) in [5.74, 6) is -0.0723. The van der Waals surface area contributed by atoms with Crippen LogP contribution in [0.4, 0.5) is 5.69 Å². The molecule has 7 nitrogen and oxygen atoms in total. The van der Waals surface area contributed by atoms with Gasteiger partial charge in [-0.2, -0.15) is 0 Å². The Hall–Kier alpha value is -3.39. The Bertz CT molecular complexity index is 1100. The van der Waals surface area contributed by atoms with Crippen LogP contribution in [0.1, 0.15) is 11.1 Å². The van der Waals surface area contributed by atoms with Crippen LogP contribution in [-0.4, -0.2) is 33.0 Å². The Morgan fingerprint density at radius 1 is 1.07 bits per heavy atom. The van der Waals surface area contributed by atoms with E-state index in [-0.39, 0.29) is 18.0 Å². The molecule has 0 spiro atoms. The minimum absolute atomic E-state index is 0.0930. The molecule has 1 amide bonds. The molecule has 0 atom stereocenters. The van der Waals surface area contributed by atoms with Gasteiger partial charge >= 0.3 is 0 Å². The summed E-state index contributed by atoms with van der Waals surface area (Å²) < 4.78 is 33.3. The van der Waals surface area contributed by atoms with Gasteiger partial charge in [-0.05, 0) is 54.4 Å². The van der Waals surface area contributed by atoms with Crippen molar-refractivity contribution >= 4 is 21.6 Å². The number of sulfonamides is 1. The van der Waals surface area contributed by atoms with E-state index in [1.165, 1.54) is 19.2 Å². The molecule has 1 N–H and O–H groups in total. The molecule has 0 aliphatic carbocycles. The molecule has 3 aromatic rings. The third-order valence-electron chi connectivity index (χ3n) is 4.46. The van der Waals surface area contributed by atoms with Gasteiger partial charge in [-0.15, -0.1) is 0 Å². The summed E-state index contributed by atoms with van der Waals surface area (Å²) in [6.07, 6.45) is 3.26. The average molecular weight is 426 g/mol. The van der Waals surface area contributed by atoms with Gasteiger partial charge < -0.3 is 10.1 Å². The van der Waals surface area contributed by atoms with E-state index < -0.39 is 15.9 Å². The van der Waals surface area contributed by atoms with Crippen LogP contribution >= 0.6 is 0 Å². The lowest BCUT2D eigenvalue weighted by atomic mass is 10.2. The number of aromatic nitrogens is 1. The lowest BCUT2D eigenvalue weighted by molar-refractivity contribution is -0.119. The summed E-state index contributed by atoms with van der Waals surface area (Å²) in [4.78, 5) is 16.7. The lowest BCUT2D eigenvalue weighted by Crippen LogP contribution is -2.40. The van der Waals surface area contributed by atoms with Gasteiger partial charge in [-0.25, -0.2) is 8.42 Å². The van der Waals surface area contributed by atoms with Crippen molar-refractivity contribution in [2.45, 2.75) is 18.4 Å². The normalized spacial score (nSPS) is 11.0. The molecule has 156 valence electrons. The fourth-order valence-electron chi connectivity index (χ4n) is 2.90. The number of nitrogens with zero attached hydrogens (tertiary/aromatic N) is 2. The highest BCUT2D eigenvalue weighted by Crippen LogP contribution is 2.33. The first-order valence-corrected chi connectivity index (χ1v) is 10.7. The topological polar surface area (TPSA) is 88.6 Å². The molecule has 0 saturated carbocycles. The number of nitrogens with one attached hydrogen (secondary N) is 1. The number of pyridine rings is 1. The molecule has 0 radical (unpaired) electrons. The summed E-state index contributed by atoms with van der Waals surface area (Å²) in [5, 5.41) is 2.76. The largest absolute Gasteiger partial charge is 0.495 e. The van der Waals surface area contributed by atoms with Crippen LogP contribution < -0.4 is 14.4 Å². The number of benzene rings is 2. The molecular weight excluding hydrogens is 402 g/mol. The van der Waals surface area contributed by atoms with E-state index in [1.54, 1.807) is 54.9 Å². The molecule has 0 bridgehead atoms. The van der Waals surface area contributed by atoms with Crippen LogP contribution in [0.25, 0.3) is 0 Å². The molecule has 0 unspecified atom stereocenters. The molecule has 30 heavy (non-hydrogen) atoms. The van der Waals surface area contributed by atoms with E-state index in [0.29, 0.717) is 11.4 Å². The zero-order valence-corrected chi connectivity index (χ0v) is 17.6. The van der Waals surface area contributed by atoms with Crippen molar-refractivity contribution in [2.24, 2.45) is 0 Å². The van der Waals surface area contributed by atoms with Gasteiger partial charge in [0, 0.05) is 18.9 Å². The second kappa shape index (κ2) is 9.41. The monoisotopic (exact) mass is 425 g/mol. The fraction of sp³-hybridized carbons (Fsp3) is 0.182. The maximum absolute atomic E-state index is 13.4. The highest BCUT2D eigenvalue weighted by atomic mass is 32.2. The van der Waals surface area contributed by atoms with E-state index in [2.05, 4.69) is 10.3 Å². The molecule has 1 aromatic heterocycles. The predicted molar refractivity (Wildman–Crippen MR) is 115 cm³/mol. The molecule has 3 rings (SSSR count). The van der Waals surface area contributed by atoms with E-state index >= 15 is 0 Å². The molecule has 0 aliphatic rings. The van der Waals surface area contributed by atoms with Crippen LogP contribution in [0.2, 0.25) is 0 Å². The first kappa shape index (κ1) is 21.3. The van der Waals surface area contributed by atoms with Crippen molar-refractivity contribution in [2.75, 3.05) is 18.0 Å². The van der Waals surface area contributed by atoms with Crippen molar-refractivity contribution < 1.29 is 17.9 Å². The van der Waals surface area contributed by atoms with Gasteiger partial charge in [-0.1, -0.05) is 24.3 Å². The number of carbonyl (C=O) groups is 1. The highest BCUT2D eigenvalue weighted by molar-refractivity contribution is 7.92. The standard InChI is InChI=1S/C22H23N3O4S/c1-17-8-9-21(29-2)20(14-17)25(30(27,28)19-6-4-3-5-7-19)16-22(26)24-15-18-10-12-23-13-11-18/h3-14H,15-16H2,1-2H3,(H,24,26). The number of anilines is 1. The van der Waals surface area contributed by atoms with Crippen molar-refractivity contribution in [3.05, 3.63) is 84.2 Å². The zero-order valence-electron chi connectivity index (χ0n) is 16.8. The maximum atomic E-state index is 13.4. The molecule has 1 heterocycles. The zero-order chi connectivity index (χ0) is 21.6. The smallest absolute Gasteiger partial charge is 0.264 e. The minimum atomic E-state index is -4.00. The number of hydrogen-bond donors (Lipinski definition) is 1. The number of aryl methyl sites for hydroxylation is 1. The van der Waals surface area contributed by atoms with Crippen molar-refractivity contribution in [3.8, 4) is 5.75 Å². The summed E-state index contributed by atoms with van der Waals surface area (Å²) in [6, 6.07) is 16.8. The van der Waals surface area contributed by atoms with Gasteiger partial charge in [-0.3, -0.25) is 14.1 Å². The van der Waals surface area contributed by atoms with Crippen molar-refractivity contribution in [1.29, 1.82) is 0 Å². The lowest BCUT2D eigenvalue weighted by Gasteiger charge is -2.26. The average Bonchev–Trinajstić information content (AvgIpc) is 2.77. The fourth-order valence-corrected chi connectivity index (χ4v) is 4.35. The number of amides is 1. The maximum Gasteiger partial charge on any atom is 0.264 e. The van der Waals surface area contributed by atoms with E-state index in [4.69, 9.17) is 4.74 Å². The quantitative estimate of drug-likeness (QED) is 0.600. The van der Waals surface area contributed by atoms with Crippen LogP contribution in [-0.2, 0) is 21.4 Å². The SMILES string of the molecule is COc1ccc(C)cc1N(CC(=O)NCc1ccncc1)S(=O)(=O)c1ccccc1. The van der Waals surface area contributed by atoms with Gasteiger partial charge in [0.2, 0.25) is 5.91 Å². The number of methoxy groups -OCH3 is 1. The number of rotatable bonds is 8. The van der Waals surface area contributed by atoms with Gasteiger partial charge in [0.25, 0.3) is 10.0 Å². The molecule has 0 aliphatic heterocycles. The second-order valence-corrected chi connectivity index (χ2v) is 8.49. The first-order valence-electron chi connectivity index (χ1n) is 9.30. The Morgan fingerprint density at radius 2 is 1.77 bits per heavy atom. The van der Waals surface area contributed by atoms with Crippen molar-refractivity contribution in [3.63, 3.8) is 0 Å². The van der Waals surface area contributed by atoms with E-state index in [9.17, 15) is 13.2 Å². The summed E-state index contributed by atoms with van der Waals surface area (Å²) in [5.41, 5.74) is 2.01. The van der Waals surface area contributed by atoms with Gasteiger partial charge in [0.05, 0.1) is 17.7 Å². The van der Waals surface area contributed by atoms with Crippen LogP contribution in [0.3, 0.4) is 0 Å². The summed E-state index contributed by atoms with van der Waals surface area (Å²) in [6.45, 7) is 1.73.